The number of aromatic nitrogens is 4. The Labute approximate surface area is 107 Å². The second kappa shape index (κ2) is 4.27. The van der Waals surface area contributed by atoms with E-state index in [2.05, 4.69) is 19.9 Å². The number of hydrogen-bond acceptors (Lipinski definition) is 6. The molecule has 0 aliphatic carbocycles. The van der Waals surface area contributed by atoms with Gasteiger partial charge in [-0.25, -0.2) is 9.97 Å². The van der Waals surface area contributed by atoms with Crippen LogP contribution >= 0.6 is 0 Å². The minimum atomic E-state index is 0.309. The number of imidazole rings is 1. The van der Waals surface area contributed by atoms with Gasteiger partial charge >= 0.3 is 0 Å². The van der Waals surface area contributed by atoms with Crippen molar-refractivity contribution in [2.45, 2.75) is 0 Å². The molecule has 0 aliphatic rings. The smallest absolute Gasteiger partial charge is 0.248 e. The molecule has 2 aromatic heterocycles. The minimum Gasteiger partial charge on any atom is -0.436 e. The fourth-order valence-corrected chi connectivity index (χ4v) is 1.65. The Bertz CT molecular complexity index is 788. The summed E-state index contributed by atoms with van der Waals surface area (Å²) in [4.78, 5) is 14.9. The standard InChI is InChI=1S/C12H8N6O/c13-4-7-3-8(14)1-2-9(7)19-12-10-11(16-5-15-10)17-6-18-12/h1-3,5-6H,14H2,(H,15,16,17,18). The summed E-state index contributed by atoms with van der Waals surface area (Å²) in [6, 6.07) is 6.84. The molecule has 0 amide bonds. The highest BCUT2D eigenvalue weighted by molar-refractivity contribution is 5.75. The molecule has 19 heavy (non-hydrogen) atoms. The highest BCUT2D eigenvalue weighted by atomic mass is 16.5. The van der Waals surface area contributed by atoms with Crippen LogP contribution in [0.2, 0.25) is 0 Å². The van der Waals surface area contributed by atoms with Gasteiger partial charge in [-0.2, -0.15) is 10.2 Å². The summed E-state index contributed by atoms with van der Waals surface area (Å²) < 4.78 is 5.63. The Morgan fingerprint density at radius 1 is 1.26 bits per heavy atom. The lowest BCUT2D eigenvalue weighted by Crippen LogP contribution is -1.94. The first-order valence-corrected chi connectivity index (χ1v) is 5.39. The molecule has 0 aliphatic heterocycles. The molecule has 92 valence electrons. The lowest BCUT2D eigenvalue weighted by atomic mass is 10.2. The number of nitrogens with two attached hydrogens (primary N) is 1. The monoisotopic (exact) mass is 252 g/mol. The third-order valence-corrected chi connectivity index (χ3v) is 2.52. The number of benzene rings is 1. The predicted octanol–water partition coefficient (Wildman–Crippen LogP) is 1.60. The number of anilines is 1. The summed E-state index contributed by atoms with van der Waals surface area (Å²) in [6.07, 6.45) is 2.85. The van der Waals surface area contributed by atoms with Crippen molar-refractivity contribution in [1.82, 2.24) is 19.9 Å². The zero-order valence-electron chi connectivity index (χ0n) is 9.66. The van der Waals surface area contributed by atoms with E-state index in [1.165, 1.54) is 12.7 Å². The third-order valence-electron chi connectivity index (χ3n) is 2.52. The quantitative estimate of drug-likeness (QED) is 0.669. The third kappa shape index (κ3) is 1.91. The predicted molar refractivity (Wildman–Crippen MR) is 67.3 cm³/mol. The number of nitrogens with zero attached hydrogens (tertiary/aromatic N) is 4. The number of rotatable bonds is 2. The van der Waals surface area contributed by atoms with Crippen LogP contribution < -0.4 is 10.5 Å². The highest BCUT2D eigenvalue weighted by Gasteiger charge is 2.11. The number of fused-ring (bicyclic) bond motifs is 1. The molecule has 0 radical (unpaired) electrons. The van der Waals surface area contributed by atoms with Gasteiger partial charge in [-0.05, 0) is 18.2 Å². The van der Waals surface area contributed by atoms with Crippen LogP contribution in [0.5, 0.6) is 11.6 Å². The summed E-state index contributed by atoms with van der Waals surface area (Å²) >= 11 is 0. The van der Waals surface area contributed by atoms with E-state index in [4.69, 9.17) is 15.7 Å². The van der Waals surface area contributed by atoms with Crippen molar-refractivity contribution in [2.75, 3.05) is 5.73 Å². The van der Waals surface area contributed by atoms with Gasteiger partial charge in [-0.1, -0.05) is 0 Å². The molecule has 1 aromatic carbocycles. The topological polar surface area (TPSA) is 114 Å². The summed E-state index contributed by atoms with van der Waals surface area (Å²) in [5.74, 6) is 0.690. The second-order valence-electron chi connectivity index (χ2n) is 3.75. The molecule has 7 heteroatoms. The zero-order chi connectivity index (χ0) is 13.2. The lowest BCUT2D eigenvalue weighted by Gasteiger charge is -2.07. The first kappa shape index (κ1) is 11.0. The zero-order valence-corrected chi connectivity index (χ0v) is 9.66. The average molecular weight is 252 g/mol. The van der Waals surface area contributed by atoms with E-state index >= 15 is 0 Å². The number of nitrogens with one attached hydrogen (secondary N) is 1. The van der Waals surface area contributed by atoms with Crippen molar-refractivity contribution in [2.24, 2.45) is 0 Å². The van der Waals surface area contributed by atoms with Crippen molar-refractivity contribution >= 4 is 16.9 Å². The van der Waals surface area contributed by atoms with E-state index in [1.54, 1.807) is 18.2 Å². The fourth-order valence-electron chi connectivity index (χ4n) is 1.65. The molecule has 3 aromatic rings. The van der Waals surface area contributed by atoms with Crippen molar-refractivity contribution < 1.29 is 4.74 Å². The van der Waals surface area contributed by atoms with Gasteiger partial charge in [-0.15, -0.1) is 0 Å². The molecule has 3 N–H and O–H groups in total. The Kier molecular flexibility index (Phi) is 2.47. The fraction of sp³-hybridized carbons (Fsp3) is 0. The van der Waals surface area contributed by atoms with Crippen LogP contribution in [-0.2, 0) is 0 Å². The van der Waals surface area contributed by atoms with Gasteiger partial charge in [0, 0.05) is 5.69 Å². The molecular weight excluding hydrogens is 244 g/mol. The first-order chi connectivity index (χ1) is 9.28. The number of ether oxygens (including phenoxy) is 1. The molecule has 0 saturated heterocycles. The van der Waals surface area contributed by atoms with E-state index in [0.717, 1.165) is 0 Å². The van der Waals surface area contributed by atoms with Gasteiger partial charge in [0.1, 0.15) is 23.7 Å². The summed E-state index contributed by atoms with van der Waals surface area (Å²) in [7, 11) is 0. The van der Waals surface area contributed by atoms with Crippen LogP contribution in [-0.4, -0.2) is 19.9 Å². The highest BCUT2D eigenvalue weighted by Crippen LogP contribution is 2.28. The normalized spacial score (nSPS) is 10.3. The van der Waals surface area contributed by atoms with Crippen molar-refractivity contribution in [3.8, 4) is 17.7 Å². The molecule has 0 unspecified atom stereocenters. The maximum atomic E-state index is 9.06. The molecule has 3 rings (SSSR count). The van der Waals surface area contributed by atoms with Crippen LogP contribution in [0.15, 0.2) is 30.9 Å². The Hall–Kier alpha value is -3.14. The maximum absolute atomic E-state index is 9.06. The second-order valence-corrected chi connectivity index (χ2v) is 3.75. The van der Waals surface area contributed by atoms with Crippen LogP contribution in [0, 0.1) is 11.3 Å². The van der Waals surface area contributed by atoms with E-state index in [9.17, 15) is 0 Å². The van der Waals surface area contributed by atoms with E-state index < -0.39 is 0 Å². The number of H-pyrrole nitrogens is 1. The Morgan fingerprint density at radius 3 is 3.00 bits per heavy atom. The molecule has 0 saturated carbocycles. The number of aromatic amines is 1. The van der Waals surface area contributed by atoms with Crippen molar-refractivity contribution in [3.05, 3.63) is 36.4 Å². The summed E-state index contributed by atoms with van der Waals surface area (Å²) in [5, 5.41) is 9.06. The largest absolute Gasteiger partial charge is 0.436 e. The van der Waals surface area contributed by atoms with Gasteiger partial charge in [0.15, 0.2) is 5.65 Å². The van der Waals surface area contributed by atoms with Crippen LogP contribution in [0.25, 0.3) is 11.2 Å². The SMILES string of the molecule is N#Cc1cc(N)ccc1Oc1ncnc2nc[nH]c12. The van der Waals surface area contributed by atoms with Gasteiger partial charge < -0.3 is 15.5 Å². The number of nitrogen functional groups attached to an aromatic ring is 1. The van der Waals surface area contributed by atoms with Gasteiger partial charge in [0.25, 0.3) is 0 Å². The summed E-state index contributed by atoms with van der Waals surface area (Å²) in [5.41, 5.74) is 7.53. The van der Waals surface area contributed by atoms with E-state index in [1.807, 2.05) is 6.07 Å². The molecule has 7 nitrogen and oxygen atoms in total. The van der Waals surface area contributed by atoms with Crippen molar-refractivity contribution in [1.29, 1.82) is 5.26 Å². The van der Waals surface area contributed by atoms with Gasteiger partial charge in [-0.3, -0.25) is 0 Å². The van der Waals surface area contributed by atoms with E-state index in [-0.39, 0.29) is 0 Å². The molecular formula is C12H8N6O. The van der Waals surface area contributed by atoms with Crippen LogP contribution in [0.1, 0.15) is 5.56 Å². The Morgan fingerprint density at radius 2 is 2.16 bits per heavy atom. The van der Waals surface area contributed by atoms with Crippen LogP contribution in [0.3, 0.4) is 0 Å². The lowest BCUT2D eigenvalue weighted by molar-refractivity contribution is 0.465. The summed E-state index contributed by atoms with van der Waals surface area (Å²) in [6.45, 7) is 0. The molecule has 0 bridgehead atoms. The number of hydrogen-bond donors (Lipinski definition) is 2. The van der Waals surface area contributed by atoms with Gasteiger partial charge in [0.05, 0.1) is 11.9 Å². The van der Waals surface area contributed by atoms with Gasteiger partial charge in [0.2, 0.25) is 5.88 Å². The van der Waals surface area contributed by atoms with Crippen molar-refractivity contribution in [3.63, 3.8) is 0 Å². The number of nitriles is 1. The molecule has 0 atom stereocenters. The maximum Gasteiger partial charge on any atom is 0.248 e. The van der Waals surface area contributed by atoms with Crippen LogP contribution in [0.4, 0.5) is 5.69 Å². The molecule has 2 heterocycles. The first-order valence-electron chi connectivity index (χ1n) is 5.39. The molecule has 0 fully saturated rings. The average Bonchev–Trinajstić information content (AvgIpc) is 2.90. The minimum absolute atomic E-state index is 0.309. The Balaban J connectivity index is 2.06. The van der Waals surface area contributed by atoms with E-state index in [0.29, 0.717) is 34.0 Å². The molecule has 0 spiro atoms.